The third-order valence-electron chi connectivity index (χ3n) is 8.63. The predicted octanol–water partition coefficient (Wildman–Crippen LogP) is 12.2. The Morgan fingerprint density at radius 1 is 0.419 bits per heavy atom. The van der Waals surface area contributed by atoms with Crippen molar-refractivity contribution in [3.8, 4) is 33.4 Å². The van der Waals surface area contributed by atoms with E-state index >= 15 is 0 Å². The lowest BCUT2D eigenvalue weighted by atomic mass is 9.83. The molecular weight excluding hydrogens is 520 g/mol. The highest BCUT2D eigenvalue weighted by molar-refractivity contribution is 6.17. The number of furan rings is 1. The monoisotopic (exact) mass is 548 g/mol. The highest BCUT2D eigenvalue weighted by Crippen LogP contribution is 2.45. The van der Waals surface area contributed by atoms with Crippen LogP contribution in [-0.2, 0) is 0 Å². The van der Waals surface area contributed by atoms with Gasteiger partial charge in [0.1, 0.15) is 11.2 Å². The molecule has 7 aromatic carbocycles. The molecule has 0 saturated heterocycles. The van der Waals surface area contributed by atoms with Gasteiger partial charge in [0.15, 0.2) is 0 Å². The van der Waals surface area contributed by atoms with Gasteiger partial charge in [0.2, 0.25) is 0 Å². The molecule has 0 saturated carbocycles. The van der Waals surface area contributed by atoms with Crippen molar-refractivity contribution in [3.63, 3.8) is 0 Å². The number of hydrogen-bond donors (Lipinski definition) is 0. The molecule has 1 heteroatoms. The molecule has 8 aromatic rings. The van der Waals surface area contributed by atoms with Gasteiger partial charge in [-0.25, -0.2) is 0 Å². The summed E-state index contributed by atoms with van der Waals surface area (Å²) >= 11 is 0. The Hall–Kier alpha value is -5.66. The second-order valence-electron chi connectivity index (χ2n) is 11.0. The lowest BCUT2D eigenvalue weighted by molar-refractivity contribution is 0.672. The van der Waals surface area contributed by atoms with Crippen LogP contribution in [0.15, 0.2) is 151 Å². The molecule has 0 atom stereocenters. The zero-order valence-corrected chi connectivity index (χ0v) is 23.7. The molecule has 0 amide bonds. The van der Waals surface area contributed by atoms with Crippen LogP contribution >= 0.6 is 0 Å². The molecule has 0 aliphatic rings. The van der Waals surface area contributed by atoms with E-state index in [1.165, 1.54) is 32.8 Å². The first-order valence-corrected chi connectivity index (χ1v) is 14.6. The van der Waals surface area contributed by atoms with Crippen molar-refractivity contribution in [2.24, 2.45) is 0 Å². The van der Waals surface area contributed by atoms with Crippen LogP contribution in [-0.4, -0.2) is 0 Å². The number of benzene rings is 7. The van der Waals surface area contributed by atoms with E-state index < -0.39 is 0 Å². The number of fused-ring (bicyclic) bond motifs is 6. The minimum Gasteiger partial charge on any atom is -0.455 e. The largest absolute Gasteiger partial charge is 0.455 e. The quantitative estimate of drug-likeness (QED) is 0.208. The van der Waals surface area contributed by atoms with Crippen LogP contribution in [0, 0.1) is 0 Å². The summed E-state index contributed by atoms with van der Waals surface area (Å²) in [6.07, 6.45) is 3.96. The molecule has 202 valence electrons. The van der Waals surface area contributed by atoms with Crippen LogP contribution < -0.4 is 0 Å². The first-order valence-electron chi connectivity index (χ1n) is 14.6. The van der Waals surface area contributed by atoms with Gasteiger partial charge in [-0.05, 0) is 78.9 Å². The Balaban J connectivity index is 1.37. The van der Waals surface area contributed by atoms with E-state index in [4.69, 9.17) is 4.42 Å². The summed E-state index contributed by atoms with van der Waals surface area (Å²) < 4.78 is 6.43. The Kier molecular flexibility index (Phi) is 5.84. The van der Waals surface area contributed by atoms with E-state index in [0.717, 1.165) is 55.1 Å². The summed E-state index contributed by atoms with van der Waals surface area (Å²) in [7, 11) is 0. The topological polar surface area (TPSA) is 13.1 Å². The average molecular weight is 549 g/mol. The molecule has 0 N–H and O–H groups in total. The molecule has 0 fully saturated rings. The molecule has 1 nitrogen and oxygen atoms in total. The smallest absolute Gasteiger partial charge is 0.143 e. The molecule has 0 unspecified atom stereocenters. The van der Waals surface area contributed by atoms with Crippen molar-refractivity contribution in [3.05, 3.63) is 158 Å². The third-order valence-corrected chi connectivity index (χ3v) is 8.63. The molecule has 43 heavy (non-hydrogen) atoms. The van der Waals surface area contributed by atoms with Crippen molar-refractivity contribution >= 4 is 55.6 Å². The normalized spacial score (nSPS) is 11.4. The zero-order chi connectivity index (χ0) is 28.9. The fourth-order valence-corrected chi connectivity index (χ4v) is 6.64. The first-order chi connectivity index (χ1) is 21.2. The van der Waals surface area contributed by atoms with E-state index in [0.29, 0.717) is 0 Å². The summed E-state index contributed by atoms with van der Waals surface area (Å²) in [5.41, 5.74) is 11.0. The zero-order valence-electron chi connectivity index (χ0n) is 23.7. The van der Waals surface area contributed by atoms with Gasteiger partial charge in [0, 0.05) is 16.2 Å². The van der Waals surface area contributed by atoms with Crippen LogP contribution in [0.3, 0.4) is 0 Å². The molecule has 0 radical (unpaired) electrons. The Bertz CT molecular complexity index is 2350. The van der Waals surface area contributed by atoms with Gasteiger partial charge in [-0.15, -0.1) is 0 Å². The van der Waals surface area contributed by atoms with Crippen LogP contribution in [0.5, 0.6) is 0 Å². The molecule has 8 rings (SSSR count). The molecule has 0 spiro atoms. The number of rotatable bonds is 5. The summed E-state index contributed by atoms with van der Waals surface area (Å²) in [4.78, 5) is 0. The molecule has 0 bridgehead atoms. The lowest BCUT2D eigenvalue weighted by Crippen LogP contribution is -1.96. The Morgan fingerprint density at radius 3 is 1.67 bits per heavy atom. The van der Waals surface area contributed by atoms with Crippen LogP contribution in [0.25, 0.3) is 89.0 Å². The maximum absolute atomic E-state index is 6.43. The molecule has 0 aliphatic heterocycles. The van der Waals surface area contributed by atoms with Gasteiger partial charge in [-0.3, -0.25) is 0 Å². The fraction of sp³-hybridized carbons (Fsp3) is 0. The van der Waals surface area contributed by atoms with Gasteiger partial charge in [-0.2, -0.15) is 0 Å². The van der Waals surface area contributed by atoms with Gasteiger partial charge < -0.3 is 4.42 Å². The van der Waals surface area contributed by atoms with Crippen molar-refractivity contribution in [1.29, 1.82) is 0 Å². The van der Waals surface area contributed by atoms with Crippen LogP contribution in [0.4, 0.5) is 0 Å². The maximum Gasteiger partial charge on any atom is 0.143 e. The summed E-state index contributed by atoms with van der Waals surface area (Å²) in [6.45, 7) is 8.57. The van der Waals surface area contributed by atoms with Crippen LogP contribution in [0.1, 0.15) is 11.1 Å². The van der Waals surface area contributed by atoms with E-state index in [1.807, 2.05) is 18.2 Å². The maximum atomic E-state index is 6.43. The Labute approximate surface area is 250 Å². The summed E-state index contributed by atoms with van der Waals surface area (Å²) in [6, 6.07) is 47.3. The average Bonchev–Trinajstić information content (AvgIpc) is 3.46. The molecule has 1 heterocycles. The molecular formula is C42H28O. The third kappa shape index (κ3) is 3.94. The summed E-state index contributed by atoms with van der Waals surface area (Å²) in [5, 5.41) is 6.91. The van der Waals surface area contributed by atoms with E-state index in [9.17, 15) is 0 Å². The SMILES string of the molecule is C=Cc1c(C=C)c(-c2ccc3oc4c5ccccc5ccc4c3c2)c2ccccc2c1-c1ccc(-c2ccccc2)cc1. The van der Waals surface area contributed by atoms with Crippen molar-refractivity contribution in [2.45, 2.75) is 0 Å². The standard InChI is InChI=1S/C42H28O/c1-3-32-33(4-2)41(31-23-25-39-38(26-31)37-24-22-29-14-8-9-15-34(29)42(37)43-39)36-17-11-10-16-35(36)40(32)30-20-18-28(19-21-30)27-12-6-5-7-13-27/h3-26H,1-2H2. The first kappa shape index (κ1) is 25.1. The lowest BCUT2D eigenvalue weighted by Gasteiger charge is -2.20. The minimum absolute atomic E-state index is 0.888. The second-order valence-corrected chi connectivity index (χ2v) is 11.0. The van der Waals surface area contributed by atoms with Crippen molar-refractivity contribution in [2.75, 3.05) is 0 Å². The molecule has 1 aromatic heterocycles. The van der Waals surface area contributed by atoms with Gasteiger partial charge in [-0.1, -0.05) is 141 Å². The highest BCUT2D eigenvalue weighted by atomic mass is 16.3. The highest BCUT2D eigenvalue weighted by Gasteiger charge is 2.20. The van der Waals surface area contributed by atoms with Gasteiger partial charge in [0.05, 0.1) is 0 Å². The van der Waals surface area contributed by atoms with E-state index in [1.54, 1.807) is 0 Å². The minimum atomic E-state index is 0.888. The predicted molar refractivity (Wildman–Crippen MR) is 185 cm³/mol. The van der Waals surface area contributed by atoms with Gasteiger partial charge >= 0.3 is 0 Å². The van der Waals surface area contributed by atoms with E-state index in [-0.39, 0.29) is 0 Å². The molecule has 0 aliphatic carbocycles. The van der Waals surface area contributed by atoms with Crippen LogP contribution in [0.2, 0.25) is 0 Å². The summed E-state index contributed by atoms with van der Waals surface area (Å²) in [5.74, 6) is 0. The Morgan fingerprint density at radius 2 is 0.977 bits per heavy atom. The van der Waals surface area contributed by atoms with Crippen molar-refractivity contribution in [1.82, 2.24) is 0 Å². The second kappa shape index (κ2) is 10.0. The van der Waals surface area contributed by atoms with E-state index in [2.05, 4.69) is 141 Å². The van der Waals surface area contributed by atoms with Gasteiger partial charge in [0.25, 0.3) is 0 Å². The fourth-order valence-electron chi connectivity index (χ4n) is 6.64. The van der Waals surface area contributed by atoms with Crippen molar-refractivity contribution < 1.29 is 4.42 Å². The number of hydrogen-bond acceptors (Lipinski definition) is 1.